The Morgan fingerprint density at radius 1 is 1.29 bits per heavy atom. The Kier molecular flexibility index (Phi) is 4.68. The smallest absolute Gasteiger partial charge is 0.266 e. The number of carbonyl (C=O) groups excluding carboxylic acids is 1. The van der Waals surface area contributed by atoms with E-state index in [2.05, 4.69) is 20.4 Å². The number of aromatic amines is 1. The van der Waals surface area contributed by atoms with Crippen molar-refractivity contribution < 1.29 is 9.53 Å². The summed E-state index contributed by atoms with van der Waals surface area (Å²) in [7, 11) is 0. The summed E-state index contributed by atoms with van der Waals surface area (Å²) in [6.07, 6.45) is 1.73. The average molecular weight is 379 g/mol. The van der Waals surface area contributed by atoms with Gasteiger partial charge < -0.3 is 10.1 Å². The van der Waals surface area contributed by atoms with Crippen LogP contribution in [0.1, 0.15) is 30.3 Å². The third-order valence-electron chi connectivity index (χ3n) is 4.64. The largest absolute Gasteiger partial charge is 0.481 e. The van der Waals surface area contributed by atoms with Gasteiger partial charge in [-0.2, -0.15) is 9.78 Å². The molecule has 2 N–H and O–H groups in total. The number of benzene rings is 1. The van der Waals surface area contributed by atoms with Crippen LogP contribution in [0.2, 0.25) is 0 Å². The maximum absolute atomic E-state index is 12.6. The number of anilines is 1. The van der Waals surface area contributed by atoms with Gasteiger partial charge in [-0.25, -0.2) is 4.98 Å². The van der Waals surface area contributed by atoms with Crippen LogP contribution in [0.4, 0.5) is 5.82 Å². The lowest BCUT2D eigenvalue weighted by atomic mass is 10.3. The lowest BCUT2D eigenvalue weighted by molar-refractivity contribution is -0.122. The number of para-hydroxylation sites is 1. The fourth-order valence-corrected chi connectivity index (χ4v) is 3.26. The van der Waals surface area contributed by atoms with Crippen LogP contribution in [-0.2, 0) is 17.6 Å². The molecule has 1 aromatic carbocycles. The minimum absolute atomic E-state index is 0.149. The zero-order chi connectivity index (χ0) is 19.7. The van der Waals surface area contributed by atoms with E-state index >= 15 is 0 Å². The Morgan fingerprint density at radius 2 is 2.07 bits per heavy atom. The van der Waals surface area contributed by atoms with Crippen molar-refractivity contribution in [2.45, 2.75) is 39.2 Å². The summed E-state index contributed by atoms with van der Waals surface area (Å²) in [5.74, 6) is 1.01. The second-order valence-corrected chi connectivity index (χ2v) is 6.81. The topological polar surface area (TPSA) is 102 Å². The van der Waals surface area contributed by atoms with Crippen LogP contribution >= 0.6 is 0 Å². The molecule has 8 heteroatoms. The second-order valence-electron chi connectivity index (χ2n) is 6.81. The predicted octanol–water partition coefficient (Wildman–Crippen LogP) is 2.16. The van der Waals surface area contributed by atoms with Crippen LogP contribution in [0.25, 0.3) is 5.95 Å². The average Bonchev–Trinajstić information content (AvgIpc) is 3.29. The van der Waals surface area contributed by atoms with Crippen LogP contribution in [0.3, 0.4) is 0 Å². The van der Waals surface area contributed by atoms with Crippen molar-refractivity contribution >= 4 is 11.7 Å². The Hall–Kier alpha value is -3.42. The van der Waals surface area contributed by atoms with Crippen molar-refractivity contribution in [3.8, 4) is 11.7 Å². The van der Waals surface area contributed by atoms with E-state index in [1.54, 1.807) is 25.1 Å². The van der Waals surface area contributed by atoms with Gasteiger partial charge in [0, 0.05) is 11.6 Å². The molecule has 144 valence electrons. The molecular weight excluding hydrogens is 358 g/mol. The Bertz CT molecular complexity index is 1070. The van der Waals surface area contributed by atoms with Crippen LogP contribution < -0.4 is 15.6 Å². The predicted molar refractivity (Wildman–Crippen MR) is 104 cm³/mol. The maximum Gasteiger partial charge on any atom is 0.266 e. The van der Waals surface area contributed by atoms with E-state index in [1.165, 1.54) is 4.68 Å². The van der Waals surface area contributed by atoms with E-state index in [-0.39, 0.29) is 11.5 Å². The van der Waals surface area contributed by atoms with Gasteiger partial charge in [-0.3, -0.25) is 14.6 Å². The Morgan fingerprint density at radius 3 is 2.86 bits per heavy atom. The number of aromatic nitrogens is 4. The summed E-state index contributed by atoms with van der Waals surface area (Å²) in [5, 5.41) is 7.18. The highest BCUT2D eigenvalue weighted by Crippen LogP contribution is 2.19. The molecule has 4 rings (SSSR count). The number of amides is 1. The van der Waals surface area contributed by atoms with Crippen LogP contribution in [0, 0.1) is 6.92 Å². The van der Waals surface area contributed by atoms with Crippen molar-refractivity contribution in [3.63, 3.8) is 0 Å². The Labute approximate surface area is 161 Å². The molecule has 8 nitrogen and oxygen atoms in total. The lowest BCUT2D eigenvalue weighted by Crippen LogP contribution is -2.31. The van der Waals surface area contributed by atoms with Gasteiger partial charge in [-0.05, 0) is 45.2 Å². The highest BCUT2D eigenvalue weighted by Gasteiger charge is 2.21. The molecule has 0 unspecified atom stereocenters. The van der Waals surface area contributed by atoms with Crippen molar-refractivity contribution in [1.82, 2.24) is 19.7 Å². The van der Waals surface area contributed by atoms with Crippen LogP contribution in [0.5, 0.6) is 5.75 Å². The van der Waals surface area contributed by atoms with Gasteiger partial charge in [0.05, 0.1) is 11.4 Å². The van der Waals surface area contributed by atoms with E-state index in [1.807, 2.05) is 25.1 Å². The fourth-order valence-electron chi connectivity index (χ4n) is 3.26. The first-order valence-electron chi connectivity index (χ1n) is 9.23. The first kappa shape index (κ1) is 18.0. The molecule has 0 saturated carbocycles. The summed E-state index contributed by atoms with van der Waals surface area (Å²) in [5.41, 5.74) is 2.08. The molecule has 3 aromatic rings. The number of fused-ring (bicyclic) bond motifs is 1. The third-order valence-corrected chi connectivity index (χ3v) is 4.64. The fraction of sp³-hybridized carbons (Fsp3) is 0.300. The highest BCUT2D eigenvalue weighted by molar-refractivity contribution is 5.93. The van der Waals surface area contributed by atoms with E-state index in [4.69, 9.17) is 4.74 Å². The molecule has 1 atom stereocenters. The van der Waals surface area contributed by atoms with Gasteiger partial charge in [0.2, 0.25) is 5.95 Å². The molecule has 0 saturated heterocycles. The number of ether oxygens (including phenoxy) is 1. The number of H-pyrrole nitrogens is 1. The van der Waals surface area contributed by atoms with Crippen molar-refractivity contribution in [3.05, 3.63) is 63.7 Å². The summed E-state index contributed by atoms with van der Waals surface area (Å²) in [6.45, 7) is 3.48. The van der Waals surface area contributed by atoms with Gasteiger partial charge in [-0.1, -0.05) is 18.2 Å². The molecule has 1 amide bonds. The number of hydrogen-bond acceptors (Lipinski definition) is 5. The monoisotopic (exact) mass is 379 g/mol. The first-order valence-corrected chi connectivity index (χ1v) is 9.23. The molecule has 2 heterocycles. The summed E-state index contributed by atoms with van der Waals surface area (Å²) in [4.78, 5) is 32.2. The van der Waals surface area contributed by atoms with E-state index in [0.717, 1.165) is 30.5 Å². The van der Waals surface area contributed by atoms with E-state index in [9.17, 15) is 9.59 Å². The van der Waals surface area contributed by atoms with Gasteiger partial charge in [0.25, 0.3) is 11.5 Å². The molecule has 0 fully saturated rings. The van der Waals surface area contributed by atoms with Crippen molar-refractivity contribution in [2.75, 3.05) is 5.32 Å². The highest BCUT2D eigenvalue weighted by atomic mass is 16.5. The van der Waals surface area contributed by atoms with E-state index < -0.39 is 6.10 Å². The van der Waals surface area contributed by atoms with Gasteiger partial charge in [0.15, 0.2) is 6.10 Å². The molecule has 0 aliphatic heterocycles. The van der Waals surface area contributed by atoms with Crippen molar-refractivity contribution in [2.24, 2.45) is 0 Å². The van der Waals surface area contributed by atoms with Crippen molar-refractivity contribution in [1.29, 1.82) is 0 Å². The summed E-state index contributed by atoms with van der Waals surface area (Å²) < 4.78 is 7.11. The minimum Gasteiger partial charge on any atom is -0.481 e. The zero-order valence-electron chi connectivity index (χ0n) is 15.7. The number of hydrogen-bond donors (Lipinski definition) is 2. The molecule has 1 aliphatic rings. The number of rotatable bonds is 5. The lowest BCUT2D eigenvalue weighted by Gasteiger charge is -2.15. The molecule has 0 spiro atoms. The quantitative estimate of drug-likeness (QED) is 0.707. The molecule has 2 aromatic heterocycles. The summed E-state index contributed by atoms with van der Waals surface area (Å²) >= 11 is 0. The van der Waals surface area contributed by atoms with E-state index in [0.29, 0.717) is 23.2 Å². The number of nitrogens with one attached hydrogen (secondary N) is 2. The molecular formula is C20H21N5O3. The number of aryl methyl sites for hydroxylation is 2. The molecule has 0 bridgehead atoms. The zero-order valence-corrected chi connectivity index (χ0v) is 15.7. The minimum atomic E-state index is -0.710. The third kappa shape index (κ3) is 3.53. The normalized spacial score (nSPS) is 13.8. The number of carbonyl (C=O) groups is 1. The standard InChI is InChI=1S/C20H21N5O3/c1-12-11-17(22-18(26)13(2)28-14-7-4-3-5-8-14)25(24-12)20-21-16-10-6-9-15(16)19(27)23-20/h3-5,7-8,11,13H,6,9-10H2,1-2H3,(H,22,26)(H,21,23,27)/t13-/m0/s1. The summed E-state index contributed by atoms with van der Waals surface area (Å²) in [6, 6.07) is 10.9. The second kappa shape index (κ2) is 7.30. The number of nitrogens with zero attached hydrogens (tertiary/aromatic N) is 3. The van der Waals surface area contributed by atoms with Crippen LogP contribution in [0.15, 0.2) is 41.2 Å². The molecule has 28 heavy (non-hydrogen) atoms. The van der Waals surface area contributed by atoms with Gasteiger partial charge >= 0.3 is 0 Å². The molecule has 0 radical (unpaired) electrons. The van der Waals surface area contributed by atoms with Gasteiger partial charge in [-0.15, -0.1) is 0 Å². The first-order chi connectivity index (χ1) is 13.5. The SMILES string of the molecule is Cc1cc(NC(=O)[C@H](C)Oc2ccccc2)n(-c2nc3c(c(=O)[nH]2)CCC3)n1. The van der Waals surface area contributed by atoms with Crippen LogP contribution in [-0.4, -0.2) is 31.8 Å². The Balaban J connectivity index is 1.57. The maximum atomic E-state index is 12.6. The van der Waals surface area contributed by atoms with Gasteiger partial charge in [0.1, 0.15) is 11.6 Å². The molecule has 1 aliphatic carbocycles.